The Balaban J connectivity index is 1.55. The highest BCUT2D eigenvalue weighted by atomic mass is 32.2. The zero-order valence-electron chi connectivity index (χ0n) is 22.2. The molecule has 2 heterocycles. The second-order valence-corrected chi connectivity index (χ2v) is 11.1. The van der Waals surface area contributed by atoms with Crippen molar-refractivity contribution in [2.45, 2.75) is 57.6 Å². The van der Waals surface area contributed by atoms with Crippen molar-refractivity contribution in [3.63, 3.8) is 0 Å². The van der Waals surface area contributed by atoms with Gasteiger partial charge in [-0.25, -0.2) is 17.9 Å². The minimum absolute atomic E-state index is 0.124. The highest BCUT2D eigenvalue weighted by Gasteiger charge is 2.29. The number of hydrogen-bond acceptors (Lipinski definition) is 8. The molecule has 10 nitrogen and oxygen atoms in total. The normalized spacial score (nSPS) is 14.3. The van der Waals surface area contributed by atoms with E-state index in [1.807, 2.05) is 29.0 Å². The number of amides is 2. The number of hydrogen-bond donors (Lipinski definition) is 2. The van der Waals surface area contributed by atoms with E-state index in [-0.39, 0.29) is 11.3 Å². The molecule has 206 valence electrons. The number of carbonyl (C=O) groups is 3. The van der Waals surface area contributed by atoms with Gasteiger partial charge in [-0.2, -0.15) is 0 Å². The van der Waals surface area contributed by atoms with E-state index < -0.39 is 33.9 Å². The van der Waals surface area contributed by atoms with Crippen molar-refractivity contribution in [3.05, 3.63) is 65.4 Å². The molecular weight excluding hydrogens is 520 g/mol. The molecule has 39 heavy (non-hydrogen) atoms. The summed E-state index contributed by atoms with van der Waals surface area (Å²) in [7, 11) is -4.00. The Hall–Kier alpha value is -3.83. The van der Waals surface area contributed by atoms with Gasteiger partial charge in [0.2, 0.25) is 5.91 Å². The molecule has 1 atom stereocenters. The van der Waals surface area contributed by atoms with Crippen LogP contribution in [0, 0.1) is 0 Å². The number of nitrogens with one attached hydrogen (secondary N) is 2. The van der Waals surface area contributed by atoms with Crippen LogP contribution in [0.2, 0.25) is 0 Å². The van der Waals surface area contributed by atoms with Crippen LogP contribution in [0.4, 0.5) is 5.69 Å². The number of para-hydroxylation sites is 1. The molecule has 2 amide bonds. The van der Waals surface area contributed by atoms with Crippen LogP contribution in [0.5, 0.6) is 0 Å². The number of sulfonamides is 1. The van der Waals surface area contributed by atoms with Crippen molar-refractivity contribution in [1.29, 1.82) is 0 Å². The molecule has 0 radical (unpaired) electrons. The van der Waals surface area contributed by atoms with Crippen molar-refractivity contribution in [3.8, 4) is 0 Å². The average molecular weight is 553 g/mol. The van der Waals surface area contributed by atoms with E-state index in [9.17, 15) is 22.8 Å². The fraction of sp³-hybridized carbons (Fsp3) is 0.357. The van der Waals surface area contributed by atoms with Crippen molar-refractivity contribution < 1.29 is 27.5 Å². The van der Waals surface area contributed by atoms with E-state index in [1.165, 1.54) is 24.3 Å². The Kier molecular flexibility index (Phi) is 8.61. The molecular formula is C28H32N4O6S. The smallest absolute Gasteiger partial charge is 0.340 e. The van der Waals surface area contributed by atoms with E-state index in [2.05, 4.69) is 17.1 Å². The third-order valence-corrected chi connectivity index (χ3v) is 7.94. The lowest BCUT2D eigenvalue weighted by Gasteiger charge is -2.30. The van der Waals surface area contributed by atoms with Gasteiger partial charge < -0.3 is 10.1 Å². The maximum Gasteiger partial charge on any atom is 0.340 e. The Morgan fingerprint density at radius 1 is 1.08 bits per heavy atom. The summed E-state index contributed by atoms with van der Waals surface area (Å²) in [4.78, 5) is 44.8. The summed E-state index contributed by atoms with van der Waals surface area (Å²) in [6.45, 7) is 7.32. The summed E-state index contributed by atoms with van der Waals surface area (Å²) in [6, 6.07) is 12.8. The summed E-state index contributed by atoms with van der Waals surface area (Å²) in [5, 5.41) is 3.36. The first-order chi connectivity index (χ1) is 18.6. The van der Waals surface area contributed by atoms with Crippen LogP contribution in [0.25, 0.3) is 10.9 Å². The largest absolute Gasteiger partial charge is 0.449 e. The predicted molar refractivity (Wildman–Crippen MR) is 147 cm³/mol. The van der Waals surface area contributed by atoms with Crippen LogP contribution in [0.1, 0.15) is 55.2 Å². The van der Waals surface area contributed by atoms with E-state index in [0.717, 1.165) is 44.1 Å². The molecule has 2 N–H and O–H groups in total. The molecule has 1 unspecified atom stereocenters. The maximum absolute atomic E-state index is 13.6. The number of ether oxygens (including phenoxy) is 1. The molecule has 0 bridgehead atoms. The van der Waals surface area contributed by atoms with Crippen LogP contribution in [0.15, 0.2) is 53.4 Å². The molecule has 3 aromatic rings. The molecule has 4 rings (SSSR count). The minimum Gasteiger partial charge on any atom is -0.449 e. The fourth-order valence-corrected chi connectivity index (χ4v) is 5.68. The Morgan fingerprint density at radius 3 is 2.46 bits per heavy atom. The SMILES string of the molecule is CCCN1CCc2nc3ccccc3c(C(=O)OC(CC)C(=O)Nc3ccc(S(=O)(=O)NC(C)=O)cc3)c2C1. The van der Waals surface area contributed by atoms with Gasteiger partial charge in [0.05, 0.1) is 16.0 Å². The van der Waals surface area contributed by atoms with E-state index >= 15 is 0 Å². The van der Waals surface area contributed by atoms with Crippen LogP contribution >= 0.6 is 0 Å². The topological polar surface area (TPSA) is 135 Å². The number of fused-ring (bicyclic) bond motifs is 2. The van der Waals surface area contributed by atoms with Gasteiger partial charge in [0.25, 0.3) is 15.9 Å². The summed E-state index contributed by atoms with van der Waals surface area (Å²) >= 11 is 0. The summed E-state index contributed by atoms with van der Waals surface area (Å²) < 4.78 is 32.0. The molecule has 1 aliphatic rings. The van der Waals surface area contributed by atoms with Gasteiger partial charge in [0, 0.05) is 48.8 Å². The highest BCUT2D eigenvalue weighted by molar-refractivity contribution is 7.90. The van der Waals surface area contributed by atoms with E-state index in [4.69, 9.17) is 9.72 Å². The lowest BCUT2D eigenvalue weighted by molar-refractivity contribution is -0.124. The number of rotatable bonds is 9. The molecule has 2 aromatic carbocycles. The van der Waals surface area contributed by atoms with Gasteiger partial charge in [-0.05, 0) is 49.7 Å². The van der Waals surface area contributed by atoms with Gasteiger partial charge in [0.1, 0.15) is 0 Å². The van der Waals surface area contributed by atoms with Crippen molar-refractivity contribution in [2.75, 3.05) is 18.4 Å². The number of anilines is 1. The number of benzene rings is 2. The van der Waals surface area contributed by atoms with Crippen LogP contribution in [0.3, 0.4) is 0 Å². The van der Waals surface area contributed by atoms with Crippen LogP contribution in [-0.4, -0.2) is 55.3 Å². The lowest BCUT2D eigenvalue weighted by atomic mass is 9.95. The molecule has 0 saturated heterocycles. The van der Waals surface area contributed by atoms with Gasteiger partial charge in [-0.3, -0.25) is 19.5 Å². The van der Waals surface area contributed by atoms with Crippen molar-refractivity contribution >= 4 is 44.4 Å². The molecule has 1 aliphatic heterocycles. The predicted octanol–water partition coefficient (Wildman–Crippen LogP) is 3.40. The molecule has 0 spiro atoms. The van der Waals surface area contributed by atoms with Gasteiger partial charge in [-0.15, -0.1) is 0 Å². The third-order valence-electron chi connectivity index (χ3n) is 6.49. The number of carbonyl (C=O) groups excluding carboxylic acids is 3. The first-order valence-corrected chi connectivity index (χ1v) is 14.4. The quantitative estimate of drug-likeness (QED) is 0.386. The number of esters is 1. The first-order valence-electron chi connectivity index (χ1n) is 12.9. The zero-order valence-corrected chi connectivity index (χ0v) is 23.0. The average Bonchev–Trinajstić information content (AvgIpc) is 2.90. The van der Waals surface area contributed by atoms with Gasteiger partial charge >= 0.3 is 5.97 Å². The molecule has 0 saturated carbocycles. The van der Waals surface area contributed by atoms with Gasteiger partial charge in [0.15, 0.2) is 6.10 Å². The summed E-state index contributed by atoms with van der Waals surface area (Å²) in [6.07, 6.45) is 0.887. The number of nitrogens with zero attached hydrogens (tertiary/aromatic N) is 2. The van der Waals surface area contributed by atoms with E-state index in [0.29, 0.717) is 28.7 Å². The van der Waals surface area contributed by atoms with Crippen molar-refractivity contribution in [1.82, 2.24) is 14.6 Å². The lowest BCUT2D eigenvalue weighted by Crippen LogP contribution is -2.35. The number of pyridine rings is 1. The monoisotopic (exact) mass is 552 g/mol. The molecule has 0 aliphatic carbocycles. The maximum atomic E-state index is 13.6. The Bertz CT molecular complexity index is 1500. The molecule has 0 fully saturated rings. The fourth-order valence-electron chi connectivity index (χ4n) is 4.68. The molecule has 11 heteroatoms. The van der Waals surface area contributed by atoms with Crippen LogP contribution in [-0.2, 0) is 37.3 Å². The Labute approximate surface area is 227 Å². The van der Waals surface area contributed by atoms with Crippen LogP contribution < -0.4 is 10.0 Å². The second kappa shape index (κ2) is 11.9. The minimum atomic E-state index is -4.00. The first kappa shape index (κ1) is 28.2. The standard InChI is InChI=1S/C28H32N4O6S/c1-4-15-32-16-14-24-22(17-32)26(21-8-6-7-9-23(21)30-24)28(35)38-25(5-2)27(34)29-19-10-12-20(13-11-19)39(36,37)31-18(3)33/h6-13,25H,4-5,14-17H2,1-3H3,(H,29,34)(H,31,33). The summed E-state index contributed by atoms with van der Waals surface area (Å²) in [5.74, 6) is -1.83. The third kappa shape index (κ3) is 6.43. The molecule has 1 aromatic heterocycles. The van der Waals surface area contributed by atoms with Crippen molar-refractivity contribution in [2.24, 2.45) is 0 Å². The zero-order chi connectivity index (χ0) is 28.2. The van der Waals surface area contributed by atoms with E-state index in [1.54, 1.807) is 6.92 Å². The Morgan fingerprint density at radius 2 is 1.79 bits per heavy atom. The second-order valence-electron chi connectivity index (χ2n) is 9.43. The summed E-state index contributed by atoms with van der Waals surface area (Å²) in [5.41, 5.74) is 3.18. The van der Waals surface area contributed by atoms with Gasteiger partial charge in [-0.1, -0.05) is 32.0 Å². The number of aromatic nitrogens is 1. The highest BCUT2D eigenvalue weighted by Crippen LogP contribution is 2.29.